The van der Waals surface area contributed by atoms with Gasteiger partial charge in [0.05, 0.1) is 0 Å². The van der Waals surface area contributed by atoms with Gasteiger partial charge in [-0.25, -0.2) is 0 Å². The molecule has 0 aliphatic heterocycles. The lowest BCUT2D eigenvalue weighted by Gasteiger charge is -2.14. The lowest BCUT2D eigenvalue weighted by molar-refractivity contribution is 0.393. The third kappa shape index (κ3) is 4.52. The lowest BCUT2D eigenvalue weighted by Crippen LogP contribution is -2.15. The van der Waals surface area contributed by atoms with E-state index in [-0.39, 0.29) is 0 Å². The van der Waals surface area contributed by atoms with Gasteiger partial charge in [-0.2, -0.15) is 0 Å². The predicted molar refractivity (Wildman–Crippen MR) is 45.2 cm³/mol. The number of hydrogen-bond donors (Lipinski definition) is 1. The molecule has 0 fully saturated rings. The first-order valence-electron chi connectivity index (χ1n) is 3.83. The molecule has 0 bridgehead atoms. The highest BCUT2D eigenvalue weighted by Crippen LogP contribution is 2.12. The average molecular weight is 127 g/mol. The van der Waals surface area contributed by atoms with Crippen molar-refractivity contribution in [3.63, 3.8) is 0 Å². The molecule has 54 valence electrons. The molecule has 1 atom stereocenters. The van der Waals surface area contributed by atoms with Gasteiger partial charge < -0.3 is 5.23 Å². The molecule has 0 spiro atoms. The van der Waals surface area contributed by atoms with Crippen molar-refractivity contribution in [2.75, 3.05) is 6.54 Å². The molecule has 9 heavy (non-hydrogen) atoms. The zero-order valence-corrected chi connectivity index (χ0v) is 7.07. The van der Waals surface area contributed by atoms with Crippen LogP contribution in [0, 0.1) is 11.8 Å². The van der Waals surface area contributed by atoms with E-state index < -0.39 is 0 Å². The molecule has 1 nitrogen and oxygen atoms in total. The molecule has 0 aromatic carbocycles. The Hall–Kier alpha value is 0.0249. The van der Waals surface area contributed by atoms with E-state index in [9.17, 15) is 0 Å². The number of nitrogens with one attached hydrogen (secondary N) is 1. The van der Waals surface area contributed by atoms with Crippen LogP contribution in [0.25, 0.3) is 0 Å². The van der Waals surface area contributed by atoms with Crippen LogP contribution in [-0.2, 0) is 0 Å². The van der Waals surface area contributed by atoms with Crippen molar-refractivity contribution in [1.29, 1.82) is 0 Å². The van der Waals surface area contributed by atoms with E-state index in [1.54, 1.807) is 0 Å². The molecular formula is C7H18BN. The molecule has 0 aliphatic carbocycles. The topological polar surface area (TPSA) is 12.0 Å². The van der Waals surface area contributed by atoms with Crippen molar-refractivity contribution in [3.05, 3.63) is 0 Å². The smallest absolute Gasteiger partial charge is 0.181 e. The second-order valence-corrected chi connectivity index (χ2v) is 3.11. The van der Waals surface area contributed by atoms with E-state index in [0.717, 1.165) is 18.4 Å². The van der Waals surface area contributed by atoms with E-state index in [1.165, 1.54) is 6.42 Å². The van der Waals surface area contributed by atoms with Crippen LogP contribution in [0.2, 0.25) is 0 Å². The lowest BCUT2D eigenvalue weighted by atomic mass is 9.95. The third-order valence-electron chi connectivity index (χ3n) is 1.99. The van der Waals surface area contributed by atoms with Crippen LogP contribution in [0.15, 0.2) is 0 Å². The summed E-state index contributed by atoms with van der Waals surface area (Å²) >= 11 is 0. The Morgan fingerprint density at radius 3 is 2.22 bits per heavy atom. The van der Waals surface area contributed by atoms with Gasteiger partial charge in [-0.3, -0.25) is 0 Å². The van der Waals surface area contributed by atoms with Crippen LogP contribution < -0.4 is 5.23 Å². The van der Waals surface area contributed by atoms with E-state index >= 15 is 0 Å². The fourth-order valence-corrected chi connectivity index (χ4v) is 0.705. The minimum atomic E-state index is 0.832. The summed E-state index contributed by atoms with van der Waals surface area (Å²) < 4.78 is 0. The Kier molecular flexibility index (Phi) is 4.88. The van der Waals surface area contributed by atoms with Crippen molar-refractivity contribution < 1.29 is 0 Å². The van der Waals surface area contributed by atoms with Crippen molar-refractivity contribution in [3.8, 4) is 0 Å². The summed E-state index contributed by atoms with van der Waals surface area (Å²) in [5.41, 5.74) is 0. The molecule has 1 unspecified atom stereocenters. The highest BCUT2D eigenvalue weighted by molar-refractivity contribution is 6.04. The highest BCUT2D eigenvalue weighted by Gasteiger charge is 2.04. The molecule has 0 aromatic rings. The Labute approximate surface area is 59.7 Å². The van der Waals surface area contributed by atoms with Crippen LogP contribution in [0.1, 0.15) is 27.2 Å². The van der Waals surface area contributed by atoms with Gasteiger partial charge in [0.2, 0.25) is 0 Å². The molecule has 0 aliphatic rings. The predicted octanol–water partition coefficient (Wildman–Crippen LogP) is 0.806. The zero-order valence-electron chi connectivity index (χ0n) is 7.07. The fourth-order valence-electron chi connectivity index (χ4n) is 0.705. The van der Waals surface area contributed by atoms with Gasteiger partial charge >= 0.3 is 0 Å². The number of hydrogen-bond acceptors (Lipinski definition) is 1. The Bertz CT molecular complexity index is 63.9. The summed E-state index contributed by atoms with van der Waals surface area (Å²) in [6.07, 6.45) is 1.30. The molecule has 0 rings (SSSR count). The fraction of sp³-hybridized carbons (Fsp3) is 1.00. The second kappa shape index (κ2) is 4.86. The van der Waals surface area contributed by atoms with Gasteiger partial charge in [0.15, 0.2) is 7.98 Å². The zero-order chi connectivity index (χ0) is 7.28. The largest absolute Gasteiger partial charge is 0.362 e. The van der Waals surface area contributed by atoms with Gasteiger partial charge in [0.1, 0.15) is 0 Å². The SMILES string of the molecule is BNCCC(C)C(C)C. The van der Waals surface area contributed by atoms with Crippen LogP contribution in [0.5, 0.6) is 0 Å². The Morgan fingerprint density at radius 1 is 1.33 bits per heavy atom. The van der Waals surface area contributed by atoms with E-state index in [0.29, 0.717) is 0 Å². The van der Waals surface area contributed by atoms with E-state index in [2.05, 4.69) is 26.0 Å². The summed E-state index contributed by atoms with van der Waals surface area (Å²) in [6.45, 7) is 8.02. The van der Waals surface area contributed by atoms with Crippen molar-refractivity contribution in [2.24, 2.45) is 11.8 Å². The summed E-state index contributed by atoms with van der Waals surface area (Å²) in [5.74, 6) is 1.69. The molecule has 1 N–H and O–H groups in total. The van der Waals surface area contributed by atoms with Crippen LogP contribution >= 0.6 is 0 Å². The molecular weight excluding hydrogens is 109 g/mol. The molecule has 0 saturated carbocycles. The standard InChI is InChI=1S/C7H18BN/c1-6(2)7(3)4-5-9-8/h6-7,9H,4-5,8H2,1-3H3. The first kappa shape index (κ1) is 9.02. The molecule has 0 radical (unpaired) electrons. The van der Waals surface area contributed by atoms with E-state index in [4.69, 9.17) is 0 Å². The van der Waals surface area contributed by atoms with Crippen LogP contribution in [0.4, 0.5) is 0 Å². The summed E-state index contributed by atoms with van der Waals surface area (Å²) in [5, 5.41) is 3.15. The highest BCUT2D eigenvalue weighted by atomic mass is 14.7. The second-order valence-electron chi connectivity index (χ2n) is 3.11. The van der Waals surface area contributed by atoms with Crippen molar-refractivity contribution in [1.82, 2.24) is 5.23 Å². The van der Waals surface area contributed by atoms with Crippen molar-refractivity contribution >= 4 is 7.98 Å². The maximum Gasteiger partial charge on any atom is 0.181 e. The summed E-state index contributed by atoms with van der Waals surface area (Å²) in [6, 6.07) is 0. The summed E-state index contributed by atoms with van der Waals surface area (Å²) in [4.78, 5) is 0. The van der Waals surface area contributed by atoms with Gasteiger partial charge in [0.25, 0.3) is 0 Å². The molecule has 0 saturated heterocycles. The monoisotopic (exact) mass is 127 g/mol. The molecule has 0 heterocycles. The minimum absolute atomic E-state index is 0.832. The minimum Gasteiger partial charge on any atom is -0.362 e. The third-order valence-corrected chi connectivity index (χ3v) is 1.99. The van der Waals surface area contributed by atoms with Gasteiger partial charge in [0, 0.05) is 0 Å². The normalized spacial score (nSPS) is 14.2. The Balaban J connectivity index is 3.16. The molecule has 0 amide bonds. The maximum atomic E-state index is 3.15. The quantitative estimate of drug-likeness (QED) is 0.551. The number of rotatable bonds is 4. The maximum absolute atomic E-state index is 3.15. The van der Waals surface area contributed by atoms with Crippen molar-refractivity contribution in [2.45, 2.75) is 27.2 Å². The summed E-state index contributed by atoms with van der Waals surface area (Å²) in [7, 11) is 2.01. The van der Waals surface area contributed by atoms with Crippen LogP contribution in [-0.4, -0.2) is 14.5 Å². The first-order chi connectivity index (χ1) is 4.18. The Morgan fingerprint density at radius 2 is 1.89 bits per heavy atom. The van der Waals surface area contributed by atoms with Gasteiger partial charge in [-0.15, -0.1) is 0 Å². The van der Waals surface area contributed by atoms with Gasteiger partial charge in [-0.1, -0.05) is 20.8 Å². The average Bonchev–Trinajstić information content (AvgIpc) is 1.82. The molecule has 2 heteroatoms. The molecule has 0 aromatic heterocycles. The van der Waals surface area contributed by atoms with Gasteiger partial charge in [-0.05, 0) is 24.8 Å². The van der Waals surface area contributed by atoms with E-state index in [1.807, 2.05) is 7.98 Å². The van der Waals surface area contributed by atoms with Crippen LogP contribution in [0.3, 0.4) is 0 Å². The first-order valence-corrected chi connectivity index (χ1v) is 3.83.